The lowest BCUT2D eigenvalue weighted by Crippen LogP contribution is -2.40. The molecule has 5 nitrogen and oxygen atoms in total. The molecule has 144 valence electrons. The third-order valence-corrected chi connectivity index (χ3v) is 6.98. The molecule has 1 saturated heterocycles. The molecule has 1 unspecified atom stereocenters. The van der Waals surface area contributed by atoms with Gasteiger partial charge in [-0.25, -0.2) is 8.93 Å². The first-order valence-electron chi connectivity index (χ1n) is 9.93. The fraction of sp³-hybridized carbons (Fsp3) is 0.476. The maximum absolute atomic E-state index is 13.0. The quantitative estimate of drug-likeness (QED) is 0.739. The van der Waals surface area contributed by atoms with Crippen LogP contribution in [0.2, 0.25) is 0 Å². The number of hydrogen-bond donors (Lipinski definition) is 3. The molecule has 0 bridgehead atoms. The Bertz CT molecular complexity index is 842. The Hall–Kier alpha value is -1.76. The molecule has 6 heteroatoms. The summed E-state index contributed by atoms with van der Waals surface area (Å²) in [6, 6.07) is 11.9. The highest BCUT2D eigenvalue weighted by molar-refractivity contribution is 7.83. The molecular formula is C21H27N3O2S. The molecule has 2 aliphatic rings. The molecule has 3 N–H and O–H groups in total. The van der Waals surface area contributed by atoms with Gasteiger partial charge in [0.05, 0.1) is 4.90 Å². The second-order valence-electron chi connectivity index (χ2n) is 7.54. The van der Waals surface area contributed by atoms with Crippen molar-refractivity contribution in [1.82, 2.24) is 10.0 Å². The van der Waals surface area contributed by atoms with Gasteiger partial charge in [-0.1, -0.05) is 37.1 Å². The van der Waals surface area contributed by atoms with Crippen molar-refractivity contribution in [1.29, 1.82) is 0 Å². The maximum Gasteiger partial charge on any atom is 0.227 e. The van der Waals surface area contributed by atoms with Crippen LogP contribution in [0.25, 0.3) is 10.8 Å². The molecule has 0 aromatic heterocycles. The van der Waals surface area contributed by atoms with E-state index in [0.717, 1.165) is 73.0 Å². The Balaban J connectivity index is 1.57. The monoisotopic (exact) mass is 385 g/mol. The standard InChI is InChI=1S/C21H27N3O2S/c25-21(15-5-1-2-6-15)23-19-9-10-20(18-8-4-3-7-17(18)19)27(26)24-16-11-13-22-14-12-16/h3-4,7-10,15-16,22,24H,1-2,5-6,11-14H2,(H,23,25). The van der Waals surface area contributed by atoms with Gasteiger partial charge in [-0.2, -0.15) is 0 Å². The van der Waals surface area contributed by atoms with Crippen LogP contribution in [0.4, 0.5) is 5.69 Å². The molecule has 0 spiro atoms. The topological polar surface area (TPSA) is 70.2 Å². The van der Waals surface area contributed by atoms with Crippen LogP contribution >= 0.6 is 0 Å². The lowest BCUT2D eigenvalue weighted by Gasteiger charge is -2.23. The van der Waals surface area contributed by atoms with Crippen LogP contribution < -0.4 is 15.4 Å². The average molecular weight is 386 g/mol. The second kappa shape index (κ2) is 8.50. The Labute approximate surface area is 162 Å². The molecule has 4 rings (SSSR count). The van der Waals surface area contributed by atoms with Crippen LogP contribution in [0.1, 0.15) is 38.5 Å². The van der Waals surface area contributed by atoms with Crippen molar-refractivity contribution in [3.63, 3.8) is 0 Å². The third-order valence-electron chi connectivity index (χ3n) is 5.68. The molecule has 1 atom stereocenters. The summed E-state index contributed by atoms with van der Waals surface area (Å²) in [5.74, 6) is 0.235. The van der Waals surface area contributed by atoms with Crippen molar-refractivity contribution in [2.45, 2.75) is 49.5 Å². The van der Waals surface area contributed by atoms with Crippen molar-refractivity contribution in [2.75, 3.05) is 18.4 Å². The molecular weight excluding hydrogens is 358 g/mol. The molecule has 1 aliphatic carbocycles. The summed E-state index contributed by atoms with van der Waals surface area (Å²) >= 11 is 0. The van der Waals surface area contributed by atoms with Gasteiger partial charge in [-0.3, -0.25) is 4.79 Å². The summed E-state index contributed by atoms with van der Waals surface area (Å²) in [6.45, 7) is 1.92. The summed E-state index contributed by atoms with van der Waals surface area (Å²) in [6.07, 6.45) is 6.20. The summed E-state index contributed by atoms with van der Waals surface area (Å²) in [5.41, 5.74) is 0.810. The molecule has 27 heavy (non-hydrogen) atoms. The van der Waals surface area contributed by atoms with E-state index in [4.69, 9.17) is 0 Å². The smallest absolute Gasteiger partial charge is 0.227 e. The van der Waals surface area contributed by atoms with Gasteiger partial charge < -0.3 is 10.6 Å². The number of rotatable bonds is 5. The predicted octanol–water partition coefficient (Wildman–Crippen LogP) is 3.33. The minimum atomic E-state index is -1.27. The van der Waals surface area contributed by atoms with E-state index in [1.165, 1.54) is 0 Å². The van der Waals surface area contributed by atoms with Gasteiger partial charge >= 0.3 is 0 Å². The van der Waals surface area contributed by atoms with Gasteiger partial charge in [-0.05, 0) is 50.9 Å². The van der Waals surface area contributed by atoms with E-state index in [1.807, 2.05) is 36.4 Å². The lowest BCUT2D eigenvalue weighted by atomic mass is 10.1. The first-order valence-corrected chi connectivity index (χ1v) is 11.1. The highest BCUT2D eigenvalue weighted by atomic mass is 32.2. The maximum atomic E-state index is 13.0. The molecule has 0 radical (unpaired) electrons. The zero-order chi connectivity index (χ0) is 18.6. The molecule has 1 saturated carbocycles. The molecule has 1 heterocycles. The summed E-state index contributed by atoms with van der Waals surface area (Å²) in [4.78, 5) is 13.3. The van der Waals surface area contributed by atoms with E-state index in [2.05, 4.69) is 15.4 Å². The minimum Gasteiger partial charge on any atom is -0.325 e. The number of fused-ring (bicyclic) bond motifs is 1. The van der Waals surface area contributed by atoms with Gasteiger partial charge in [0.2, 0.25) is 5.91 Å². The normalized spacial score (nSPS) is 20.0. The average Bonchev–Trinajstić information content (AvgIpc) is 3.24. The Morgan fingerprint density at radius 1 is 0.963 bits per heavy atom. The van der Waals surface area contributed by atoms with Gasteiger partial charge in [0.1, 0.15) is 11.0 Å². The van der Waals surface area contributed by atoms with Crippen LogP contribution in [0, 0.1) is 5.92 Å². The molecule has 1 amide bonds. The van der Waals surface area contributed by atoms with Crippen molar-refractivity contribution in [3.05, 3.63) is 36.4 Å². The molecule has 2 aromatic carbocycles. The fourth-order valence-electron chi connectivity index (χ4n) is 4.12. The lowest BCUT2D eigenvalue weighted by molar-refractivity contribution is -0.119. The van der Waals surface area contributed by atoms with E-state index < -0.39 is 11.0 Å². The Morgan fingerprint density at radius 2 is 1.67 bits per heavy atom. The number of benzene rings is 2. The number of piperidine rings is 1. The summed E-state index contributed by atoms with van der Waals surface area (Å²) in [7, 11) is -1.27. The van der Waals surface area contributed by atoms with Crippen molar-refractivity contribution in [2.24, 2.45) is 5.92 Å². The first-order chi connectivity index (χ1) is 13.2. The van der Waals surface area contributed by atoms with Crippen molar-refractivity contribution in [3.8, 4) is 0 Å². The number of amides is 1. The van der Waals surface area contributed by atoms with Gasteiger partial charge in [0.15, 0.2) is 0 Å². The number of hydrogen-bond acceptors (Lipinski definition) is 3. The Kier molecular flexibility index (Phi) is 5.86. The van der Waals surface area contributed by atoms with E-state index in [-0.39, 0.29) is 17.9 Å². The van der Waals surface area contributed by atoms with Crippen molar-refractivity contribution < 1.29 is 9.00 Å². The third kappa shape index (κ3) is 4.23. The Morgan fingerprint density at radius 3 is 2.41 bits per heavy atom. The van der Waals surface area contributed by atoms with Crippen LogP contribution in [0.15, 0.2) is 41.3 Å². The number of carbonyl (C=O) groups excluding carboxylic acids is 1. The largest absolute Gasteiger partial charge is 0.325 e. The number of carbonyl (C=O) groups is 1. The molecule has 1 aliphatic heterocycles. The van der Waals surface area contributed by atoms with Crippen LogP contribution in [-0.4, -0.2) is 29.2 Å². The minimum absolute atomic E-state index is 0.111. The summed E-state index contributed by atoms with van der Waals surface area (Å²) in [5, 5.41) is 8.31. The highest BCUT2D eigenvalue weighted by Crippen LogP contribution is 2.31. The van der Waals surface area contributed by atoms with Crippen LogP contribution in [0.5, 0.6) is 0 Å². The molecule has 2 aromatic rings. The highest BCUT2D eigenvalue weighted by Gasteiger charge is 2.24. The van der Waals surface area contributed by atoms with E-state index >= 15 is 0 Å². The SMILES string of the molecule is O=C(Nc1ccc(S(=O)NC2CCNCC2)c2ccccc12)C1CCCC1. The predicted molar refractivity (Wildman–Crippen MR) is 110 cm³/mol. The zero-order valence-electron chi connectivity index (χ0n) is 15.5. The second-order valence-corrected chi connectivity index (χ2v) is 8.75. The van der Waals surface area contributed by atoms with Crippen LogP contribution in [0.3, 0.4) is 0 Å². The summed E-state index contributed by atoms with van der Waals surface area (Å²) < 4.78 is 16.2. The number of nitrogens with one attached hydrogen (secondary N) is 3. The van der Waals surface area contributed by atoms with E-state index in [9.17, 15) is 9.00 Å². The van der Waals surface area contributed by atoms with Gasteiger partial charge in [0, 0.05) is 28.4 Å². The van der Waals surface area contributed by atoms with E-state index in [1.54, 1.807) is 0 Å². The van der Waals surface area contributed by atoms with Crippen LogP contribution in [-0.2, 0) is 15.8 Å². The van der Waals surface area contributed by atoms with Gasteiger partial charge in [0.25, 0.3) is 0 Å². The first kappa shape index (κ1) is 18.6. The van der Waals surface area contributed by atoms with E-state index in [0.29, 0.717) is 0 Å². The van der Waals surface area contributed by atoms with Crippen molar-refractivity contribution >= 4 is 33.4 Å². The zero-order valence-corrected chi connectivity index (χ0v) is 16.3. The van der Waals surface area contributed by atoms with Gasteiger partial charge in [-0.15, -0.1) is 0 Å². The fourth-order valence-corrected chi connectivity index (χ4v) is 5.35. The molecule has 2 fully saturated rings. The number of anilines is 1.